The minimum atomic E-state index is -0.122. The third kappa shape index (κ3) is 5.59. The molecule has 0 fully saturated rings. The minimum Gasteiger partial charge on any atom is -0.355 e. The lowest BCUT2D eigenvalue weighted by atomic mass is 10.1. The van der Waals surface area contributed by atoms with E-state index in [0.717, 1.165) is 28.6 Å². The average Bonchev–Trinajstić information content (AvgIpc) is 3.12. The molecular formula is C17H17ClN4OS2. The molecule has 8 heteroatoms. The van der Waals surface area contributed by atoms with Crippen molar-refractivity contribution in [2.45, 2.75) is 12.2 Å². The lowest BCUT2D eigenvalue weighted by Crippen LogP contribution is -2.18. The van der Waals surface area contributed by atoms with Crippen LogP contribution in [-0.4, -0.2) is 27.2 Å². The number of thiazole rings is 1. The highest BCUT2D eigenvalue weighted by Gasteiger charge is 2.04. The Balaban J connectivity index is 1.47. The molecule has 130 valence electrons. The second-order valence-corrected chi connectivity index (χ2v) is 7.82. The number of aromatic nitrogens is 3. The number of hydrogen-bond donors (Lipinski definition) is 2. The van der Waals surface area contributed by atoms with Gasteiger partial charge in [0.15, 0.2) is 0 Å². The summed E-state index contributed by atoms with van der Waals surface area (Å²) in [6, 6.07) is 7.46. The Bertz CT molecular complexity index is 850. The maximum atomic E-state index is 12.2. The predicted octanol–water partition coefficient (Wildman–Crippen LogP) is 3.82. The monoisotopic (exact) mass is 392 g/mol. The van der Waals surface area contributed by atoms with E-state index in [1.165, 1.54) is 0 Å². The summed E-state index contributed by atoms with van der Waals surface area (Å²) < 4.78 is 0. The smallest absolute Gasteiger partial charge is 0.255 e. The van der Waals surface area contributed by atoms with Crippen LogP contribution < -0.4 is 10.9 Å². The van der Waals surface area contributed by atoms with Crippen LogP contribution in [0.15, 0.2) is 46.8 Å². The SMILES string of the molecule is O=c1[nH]c(NCCSCc2nccs2)ncc1Cc1ccc(Cl)cc1. The molecule has 0 saturated heterocycles. The van der Waals surface area contributed by atoms with E-state index in [4.69, 9.17) is 11.6 Å². The van der Waals surface area contributed by atoms with Gasteiger partial charge in [0.1, 0.15) is 5.01 Å². The van der Waals surface area contributed by atoms with Crippen molar-refractivity contribution in [2.75, 3.05) is 17.6 Å². The topological polar surface area (TPSA) is 70.7 Å². The summed E-state index contributed by atoms with van der Waals surface area (Å²) in [6.07, 6.45) is 3.97. The van der Waals surface area contributed by atoms with Crippen LogP contribution in [0.1, 0.15) is 16.1 Å². The highest BCUT2D eigenvalue weighted by molar-refractivity contribution is 7.98. The number of H-pyrrole nitrogens is 1. The minimum absolute atomic E-state index is 0.122. The summed E-state index contributed by atoms with van der Waals surface area (Å²) in [5.41, 5.74) is 1.53. The molecule has 0 aliphatic carbocycles. The van der Waals surface area contributed by atoms with Gasteiger partial charge in [0.25, 0.3) is 5.56 Å². The molecule has 0 atom stereocenters. The molecule has 0 radical (unpaired) electrons. The molecule has 0 saturated carbocycles. The Hall–Kier alpha value is -1.83. The van der Waals surface area contributed by atoms with Crippen molar-refractivity contribution >= 4 is 40.6 Å². The average molecular weight is 393 g/mol. The molecule has 0 aliphatic heterocycles. The fourth-order valence-electron chi connectivity index (χ4n) is 2.18. The van der Waals surface area contributed by atoms with Gasteiger partial charge in [-0.2, -0.15) is 11.8 Å². The highest BCUT2D eigenvalue weighted by atomic mass is 35.5. The molecule has 5 nitrogen and oxygen atoms in total. The van der Waals surface area contributed by atoms with Crippen molar-refractivity contribution in [2.24, 2.45) is 0 Å². The number of rotatable bonds is 8. The fraction of sp³-hybridized carbons (Fsp3) is 0.235. The van der Waals surface area contributed by atoms with Gasteiger partial charge in [-0.3, -0.25) is 9.78 Å². The van der Waals surface area contributed by atoms with Crippen LogP contribution in [-0.2, 0) is 12.2 Å². The first kappa shape index (κ1) is 18.0. The van der Waals surface area contributed by atoms with Gasteiger partial charge in [-0.1, -0.05) is 23.7 Å². The normalized spacial score (nSPS) is 10.8. The molecule has 2 N–H and O–H groups in total. The second-order valence-electron chi connectivity index (χ2n) is 5.29. The number of nitrogens with zero attached hydrogens (tertiary/aromatic N) is 2. The van der Waals surface area contributed by atoms with E-state index in [9.17, 15) is 4.79 Å². The second kappa shape index (κ2) is 9.03. The van der Waals surface area contributed by atoms with E-state index in [1.807, 2.05) is 35.8 Å². The first-order valence-corrected chi connectivity index (χ1v) is 10.1. The third-order valence-electron chi connectivity index (χ3n) is 3.43. The third-order valence-corrected chi connectivity index (χ3v) is 5.61. The Kier molecular flexibility index (Phi) is 6.49. The van der Waals surface area contributed by atoms with Gasteiger partial charge in [-0.25, -0.2) is 9.97 Å². The quantitative estimate of drug-likeness (QED) is 0.570. The van der Waals surface area contributed by atoms with Gasteiger partial charge in [0.2, 0.25) is 5.95 Å². The molecule has 0 spiro atoms. The standard InChI is InChI=1S/C17H17ClN4OS2/c18-14-3-1-12(2-4-14)9-13-10-21-17(22-16(13)23)20-5-7-24-11-15-19-6-8-25-15/h1-4,6,8,10H,5,7,9,11H2,(H2,20,21,22,23). The van der Waals surface area contributed by atoms with E-state index >= 15 is 0 Å². The molecule has 3 rings (SSSR count). The van der Waals surface area contributed by atoms with Crippen LogP contribution in [0.3, 0.4) is 0 Å². The summed E-state index contributed by atoms with van der Waals surface area (Å²) in [7, 11) is 0. The summed E-state index contributed by atoms with van der Waals surface area (Å²) >= 11 is 9.33. The van der Waals surface area contributed by atoms with Crippen molar-refractivity contribution in [1.82, 2.24) is 15.0 Å². The van der Waals surface area contributed by atoms with Crippen molar-refractivity contribution in [3.05, 3.63) is 73.6 Å². The van der Waals surface area contributed by atoms with E-state index in [2.05, 4.69) is 20.3 Å². The number of halogens is 1. The van der Waals surface area contributed by atoms with Gasteiger partial charge in [-0.05, 0) is 17.7 Å². The van der Waals surface area contributed by atoms with Gasteiger partial charge >= 0.3 is 0 Å². The van der Waals surface area contributed by atoms with Crippen LogP contribution in [0.4, 0.5) is 5.95 Å². The number of benzene rings is 1. The van der Waals surface area contributed by atoms with Crippen molar-refractivity contribution in [1.29, 1.82) is 0 Å². The number of thioether (sulfide) groups is 1. The van der Waals surface area contributed by atoms with Gasteiger partial charge < -0.3 is 5.32 Å². The van der Waals surface area contributed by atoms with Gasteiger partial charge in [0.05, 0.1) is 0 Å². The molecule has 0 aliphatic rings. The van der Waals surface area contributed by atoms with Crippen LogP contribution in [0.5, 0.6) is 0 Å². The Morgan fingerprint density at radius 3 is 2.80 bits per heavy atom. The van der Waals surface area contributed by atoms with E-state index in [-0.39, 0.29) is 5.56 Å². The Morgan fingerprint density at radius 1 is 1.24 bits per heavy atom. The van der Waals surface area contributed by atoms with Gasteiger partial charge in [0, 0.05) is 52.8 Å². The van der Waals surface area contributed by atoms with Gasteiger partial charge in [-0.15, -0.1) is 11.3 Å². The molecule has 0 bridgehead atoms. The lowest BCUT2D eigenvalue weighted by molar-refractivity contribution is 1.01. The molecule has 2 aromatic heterocycles. The van der Waals surface area contributed by atoms with E-state index in [0.29, 0.717) is 23.0 Å². The van der Waals surface area contributed by atoms with E-state index < -0.39 is 0 Å². The maximum Gasteiger partial charge on any atom is 0.255 e. The fourth-order valence-corrected chi connectivity index (χ4v) is 3.87. The zero-order valence-corrected chi connectivity index (χ0v) is 15.8. The summed E-state index contributed by atoms with van der Waals surface area (Å²) in [6.45, 7) is 0.732. The Labute approximate surface area is 158 Å². The van der Waals surface area contributed by atoms with Crippen LogP contribution in [0, 0.1) is 0 Å². The van der Waals surface area contributed by atoms with Crippen LogP contribution >= 0.6 is 34.7 Å². The zero-order valence-electron chi connectivity index (χ0n) is 13.4. The number of nitrogens with one attached hydrogen (secondary N) is 2. The number of aromatic amines is 1. The molecular weight excluding hydrogens is 376 g/mol. The summed E-state index contributed by atoms with van der Waals surface area (Å²) in [4.78, 5) is 23.5. The largest absolute Gasteiger partial charge is 0.355 e. The molecule has 0 unspecified atom stereocenters. The lowest BCUT2D eigenvalue weighted by Gasteiger charge is -2.06. The molecule has 25 heavy (non-hydrogen) atoms. The number of hydrogen-bond acceptors (Lipinski definition) is 6. The summed E-state index contributed by atoms with van der Waals surface area (Å²) in [5, 5.41) is 6.93. The Morgan fingerprint density at radius 2 is 2.08 bits per heavy atom. The molecule has 1 aromatic carbocycles. The van der Waals surface area contributed by atoms with Crippen LogP contribution in [0.2, 0.25) is 5.02 Å². The van der Waals surface area contributed by atoms with E-state index in [1.54, 1.807) is 29.3 Å². The van der Waals surface area contributed by atoms with Crippen LogP contribution in [0.25, 0.3) is 0 Å². The zero-order chi connectivity index (χ0) is 17.5. The molecule has 2 heterocycles. The van der Waals surface area contributed by atoms with Crippen molar-refractivity contribution < 1.29 is 0 Å². The summed E-state index contributed by atoms with van der Waals surface area (Å²) in [5.74, 6) is 2.32. The molecule has 3 aromatic rings. The number of anilines is 1. The first-order chi connectivity index (χ1) is 12.2. The maximum absolute atomic E-state index is 12.2. The predicted molar refractivity (Wildman–Crippen MR) is 106 cm³/mol. The van der Waals surface area contributed by atoms with Crippen molar-refractivity contribution in [3.63, 3.8) is 0 Å². The molecule has 0 amide bonds. The highest BCUT2D eigenvalue weighted by Crippen LogP contribution is 2.14. The first-order valence-electron chi connectivity index (χ1n) is 7.73. The van der Waals surface area contributed by atoms with Crippen molar-refractivity contribution in [3.8, 4) is 0 Å².